The summed E-state index contributed by atoms with van der Waals surface area (Å²) in [7, 11) is 1.49. The molecule has 0 aliphatic carbocycles. The maximum Gasteiger partial charge on any atom is 0.343 e. The fraction of sp³-hybridized carbons (Fsp3) is 0.412. The lowest BCUT2D eigenvalue weighted by molar-refractivity contribution is -0.150. The number of aliphatic carboxylic acids is 1. The van der Waals surface area contributed by atoms with Gasteiger partial charge in [-0.3, -0.25) is 4.79 Å². The molecule has 24 heavy (non-hydrogen) atoms. The molecule has 7 heteroatoms. The first-order valence-electron chi connectivity index (χ1n) is 7.53. The Balaban J connectivity index is 1.98. The van der Waals surface area contributed by atoms with Crippen molar-refractivity contribution in [3.8, 4) is 11.5 Å². The highest BCUT2D eigenvalue weighted by molar-refractivity contribution is 5.83. The second-order valence-corrected chi connectivity index (χ2v) is 5.53. The van der Waals surface area contributed by atoms with E-state index in [-0.39, 0.29) is 19.6 Å². The fourth-order valence-corrected chi connectivity index (χ4v) is 2.49. The lowest BCUT2D eigenvalue weighted by Crippen LogP contribution is -2.40. The number of amides is 1. The van der Waals surface area contributed by atoms with Gasteiger partial charge in [0.1, 0.15) is 0 Å². The molecule has 1 aliphatic heterocycles. The second-order valence-electron chi connectivity index (χ2n) is 5.53. The first-order chi connectivity index (χ1) is 11.4. The molecule has 1 aromatic rings. The summed E-state index contributed by atoms with van der Waals surface area (Å²) >= 11 is 0. The van der Waals surface area contributed by atoms with Crippen LogP contribution in [0.3, 0.4) is 0 Å². The van der Waals surface area contributed by atoms with Crippen LogP contribution in [0.15, 0.2) is 24.3 Å². The minimum Gasteiger partial charge on any atom is -0.493 e. The lowest BCUT2D eigenvalue weighted by atomic mass is 10.1. The molecule has 1 unspecified atom stereocenters. The molecule has 130 valence electrons. The van der Waals surface area contributed by atoms with Crippen LogP contribution in [-0.2, 0) is 9.59 Å². The van der Waals surface area contributed by atoms with Gasteiger partial charge >= 0.3 is 5.97 Å². The van der Waals surface area contributed by atoms with Crippen LogP contribution in [0.1, 0.15) is 18.9 Å². The molecule has 1 aromatic carbocycles. The smallest absolute Gasteiger partial charge is 0.343 e. The van der Waals surface area contributed by atoms with Crippen molar-refractivity contribution < 1.29 is 28.6 Å². The molecular weight excluding hydrogens is 317 g/mol. The van der Waals surface area contributed by atoms with E-state index in [0.29, 0.717) is 11.5 Å². The van der Waals surface area contributed by atoms with Crippen molar-refractivity contribution in [1.29, 1.82) is 0 Å². The minimum absolute atomic E-state index is 0.0579. The van der Waals surface area contributed by atoms with Crippen molar-refractivity contribution in [2.45, 2.75) is 19.0 Å². The highest BCUT2D eigenvalue weighted by Gasteiger charge is 2.46. The Morgan fingerprint density at radius 1 is 1.42 bits per heavy atom. The summed E-state index contributed by atoms with van der Waals surface area (Å²) in [5, 5.41) is 8.85. The number of carboxylic acids is 1. The number of alkyl halides is 1. The van der Waals surface area contributed by atoms with Gasteiger partial charge in [-0.15, -0.1) is 0 Å². The van der Waals surface area contributed by atoms with Crippen molar-refractivity contribution in [3.63, 3.8) is 0 Å². The Morgan fingerprint density at radius 2 is 2.17 bits per heavy atom. The van der Waals surface area contributed by atoms with Crippen LogP contribution >= 0.6 is 0 Å². The number of halogens is 1. The molecule has 2 rings (SSSR count). The number of carboxylic acid groups (broad SMARTS) is 1. The molecule has 1 saturated heterocycles. The summed E-state index contributed by atoms with van der Waals surface area (Å²) in [5.41, 5.74) is -1.45. The van der Waals surface area contributed by atoms with Gasteiger partial charge in [-0.05, 0) is 24.6 Å². The number of methoxy groups -OCH3 is 1. The van der Waals surface area contributed by atoms with Crippen LogP contribution in [0.25, 0.3) is 6.08 Å². The van der Waals surface area contributed by atoms with E-state index >= 15 is 0 Å². The highest BCUT2D eigenvalue weighted by atomic mass is 19.1. The van der Waals surface area contributed by atoms with Crippen LogP contribution in [0, 0.1) is 0 Å². The SMILES string of the molecule is C/C=C/c1ccc(OCC(=O)N2CCC(F)(C(=O)O)C2)c(OC)c1. The van der Waals surface area contributed by atoms with Crippen molar-refractivity contribution in [1.82, 2.24) is 4.90 Å². The minimum atomic E-state index is -2.37. The van der Waals surface area contributed by atoms with Crippen molar-refractivity contribution >= 4 is 18.0 Å². The van der Waals surface area contributed by atoms with Gasteiger partial charge < -0.3 is 19.5 Å². The molecule has 1 amide bonds. The predicted molar refractivity (Wildman–Crippen MR) is 85.9 cm³/mol. The fourth-order valence-electron chi connectivity index (χ4n) is 2.49. The molecule has 0 spiro atoms. The maximum atomic E-state index is 14.0. The number of carbonyl (C=O) groups excluding carboxylic acids is 1. The Labute approximate surface area is 139 Å². The number of hydrogen-bond acceptors (Lipinski definition) is 4. The molecule has 0 saturated carbocycles. The number of allylic oxidation sites excluding steroid dienone is 1. The zero-order chi connectivity index (χ0) is 17.7. The number of carbonyl (C=O) groups is 2. The topological polar surface area (TPSA) is 76.1 Å². The highest BCUT2D eigenvalue weighted by Crippen LogP contribution is 2.29. The van der Waals surface area contributed by atoms with Gasteiger partial charge in [-0.2, -0.15) is 0 Å². The molecule has 1 fully saturated rings. The first-order valence-corrected chi connectivity index (χ1v) is 7.53. The molecule has 0 bridgehead atoms. The standard InChI is InChI=1S/C17H20FNO5/c1-3-4-12-5-6-13(14(9-12)23-2)24-10-15(20)19-8-7-17(18,11-19)16(21)22/h3-6,9H,7-8,10-11H2,1-2H3,(H,21,22)/b4-3+. The third-order valence-electron chi connectivity index (χ3n) is 3.85. The summed E-state index contributed by atoms with van der Waals surface area (Å²) in [5.74, 6) is -1.14. The van der Waals surface area contributed by atoms with E-state index in [4.69, 9.17) is 14.6 Å². The molecule has 1 aliphatic rings. The van der Waals surface area contributed by atoms with Gasteiger partial charge in [0, 0.05) is 13.0 Å². The summed E-state index contributed by atoms with van der Waals surface area (Å²) in [6, 6.07) is 5.27. The number of nitrogens with zero attached hydrogens (tertiary/aromatic N) is 1. The van der Waals surface area contributed by atoms with E-state index in [9.17, 15) is 14.0 Å². The lowest BCUT2D eigenvalue weighted by Gasteiger charge is -2.18. The zero-order valence-electron chi connectivity index (χ0n) is 13.6. The first kappa shape index (κ1) is 17.8. The van der Waals surface area contributed by atoms with E-state index in [2.05, 4.69) is 0 Å². The van der Waals surface area contributed by atoms with Gasteiger partial charge in [0.15, 0.2) is 18.1 Å². The molecule has 0 aromatic heterocycles. The summed E-state index contributed by atoms with van der Waals surface area (Å²) < 4.78 is 24.7. The molecule has 6 nitrogen and oxygen atoms in total. The molecule has 1 N–H and O–H groups in total. The van der Waals surface area contributed by atoms with E-state index in [1.54, 1.807) is 12.1 Å². The molecule has 0 radical (unpaired) electrons. The van der Waals surface area contributed by atoms with Crippen LogP contribution in [0.4, 0.5) is 4.39 Å². The largest absolute Gasteiger partial charge is 0.493 e. The number of likely N-dealkylation sites (tertiary alicyclic amines) is 1. The third kappa shape index (κ3) is 3.84. The normalized spacial score (nSPS) is 20.4. The van der Waals surface area contributed by atoms with Crippen molar-refractivity contribution in [3.05, 3.63) is 29.8 Å². The summed E-state index contributed by atoms with van der Waals surface area (Å²) in [6.45, 7) is 1.19. The number of benzene rings is 1. The number of ether oxygens (including phenoxy) is 2. The van der Waals surface area contributed by atoms with Crippen LogP contribution in [0.5, 0.6) is 11.5 Å². The quantitative estimate of drug-likeness (QED) is 0.861. The van der Waals surface area contributed by atoms with E-state index in [1.807, 2.05) is 25.1 Å². The van der Waals surface area contributed by atoms with E-state index in [1.165, 1.54) is 7.11 Å². The van der Waals surface area contributed by atoms with Gasteiger partial charge in [-0.1, -0.05) is 18.2 Å². The van der Waals surface area contributed by atoms with Gasteiger partial charge in [-0.25, -0.2) is 9.18 Å². The molecular formula is C17H20FNO5. The van der Waals surface area contributed by atoms with Crippen LogP contribution in [-0.4, -0.2) is 54.4 Å². The average molecular weight is 337 g/mol. The van der Waals surface area contributed by atoms with Gasteiger partial charge in [0.05, 0.1) is 13.7 Å². The van der Waals surface area contributed by atoms with E-state index < -0.39 is 24.1 Å². The monoisotopic (exact) mass is 337 g/mol. The summed E-state index contributed by atoms with van der Waals surface area (Å²) in [6.07, 6.45) is 3.57. The Hall–Kier alpha value is -2.57. The maximum absolute atomic E-state index is 14.0. The number of hydrogen-bond donors (Lipinski definition) is 1. The summed E-state index contributed by atoms with van der Waals surface area (Å²) in [4.78, 5) is 24.1. The second kappa shape index (κ2) is 7.33. The van der Waals surface area contributed by atoms with Crippen LogP contribution in [0.2, 0.25) is 0 Å². The Morgan fingerprint density at radius 3 is 2.75 bits per heavy atom. The molecule has 1 heterocycles. The average Bonchev–Trinajstić information content (AvgIpc) is 2.97. The number of rotatable bonds is 6. The Bertz CT molecular complexity index is 660. The van der Waals surface area contributed by atoms with Crippen LogP contribution < -0.4 is 9.47 Å². The Kier molecular flexibility index (Phi) is 5.43. The van der Waals surface area contributed by atoms with Gasteiger partial charge in [0.25, 0.3) is 5.91 Å². The van der Waals surface area contributed by atoms with Crippen molar-refractivity contribution in [2.24, 2.45) is 0 Å². The van der Waals surface area contributed by atoms with Crippen molar-refractivity contribution in [2.75, 3.05) is 26.8 Å². The van der Waals surface area contributed by atoms with Gasteiger partial charge in [0.2, 0.25) is 5.67 Å². The van der Waals surface area contributed by atoms with E-state index in [0.717, 1.165) is 10.5 Å². The zero-order valence-corrected chi connectivity index (χ0v) is 13.6. The third-order valence-corrected chi connectivity index (χ3v) is 3.85. The predicted octanol–water partition coefficient (Wildman–Crippen LogP) is 2.13. The molecule has 1 atom stereocenters.